The van der Waals surface area contributed by atoms with Crippen molar-refractivity contribution >= 4 is 13.5 Å². The molecule has 8 rings (SSSR count). The van der Waals surface area contributed by atoms with Crippen LogP contribution < -0.4 is 26.0 Å². The van der Waals surface area contributed by atoms with Crippen molar-refractivity contribution in [3.8, 4) is 5.75 Å². The molecule has 6 aromatic carbocycles. The first-order valence-corrected chi connectivity index (χ1v) is 37.2. The zero-order valence-corrected chi connectivity index (χ0v) is 66.9. The fourth-order valence-electron chi connectivity index (χ4n) is 13.8. The number of hydrogen-bond acceptors (Lipinski definition) is 7. The first-order valence-electron chi connectivity index (χ1n) is 37.2. The molecule has 0 spiro atoms. The molecule has 2 aliphatic rings. The van der Waals surface area contributed by atoms with Gasteiger partial charge in [-0.1, -0.05) is 247 Å². The quantitative estimate of drug-likeness (QED) is 0.0349. The van der Waals surface area contributed by atoms with Crippen molar-refractivity contribution in [1.82, 2.24) is 21.3 Å². The summed E-state index contributed by atoms with van der Waals surface area (Å²) in [5.41, 5.74) is 16.4. The average molecular weight is 1380 g/mol. The van der Waals surface area contributed by atoms with Gasteiger partial charge in [-0.2, -0.15) is 13.5 Å². The maximum absolute atomic E-state index is 13.2. The van der Waals surface area contributed by atoms with E-state index in [4.69, 9.17) is 14.2 Å². The van der Waals surface area contributed by atoms with Crippen LogP contribution in [0.1, 0.15) is 233 Å². The van der Waals surface area contributed by atoms with Crippen LogP contribution in [0.15, 0.2) is 204 Å². The van der Waals surface area contributed by atoms with Gasteiger partial charge in [0.25, 0.3) is 0 Å². The minimum atomic E-state index is -0.173. The minimum Gasteiger partial charge on any atom is -0.497 e. The van der Waals surface area contributed by atoms with Crippen molar-refractivity contribution in [2.24, 2.45) is 11.8 Å². The molecular formula is C91H135FN4O3S. The molecule has 0 aromatic heterocycles. The number of aryl methyl sites for hydroxylation is 2. The van der Waals surface area contributed by atoms with E-state index < -0.39 is 0 Å². The summed E-state index contributed by atoms with van der Waals surface area (Å²) in [6.07, 6.45) is 18.3. The number of allylic oxidation sites excluding steroid dienone is 4. The molecule has 0 aliphatic carbocycles. The van der Waals surface area contributed by atoms with E-state index in [2.05, 4.69) is 318 Å². The minimum absolute atomic E-state index is 0. The van der Waals surface area contributed by atoms with E-state index in [0.29, 0.717) is 42.2 Å². The predicted molar refractivity (Wildman–Crippen MR) is 435 cm³/mol. The molecule has 2 heterocycles. The smallest absolute Gasteiger partial charge is 0.123 e. The number of benzene rings is 6. The van der Waals surface area contributed by atoms with Gasteiger partial charge in [0.15, 0.2) is 0 Å². The highest BCUT2D eigenvalue weighted by molar-refractivity contribution is 7.59. The van der Waals surface area contributed by atoms with Gasteiger partial charge in [0.2, 0.25) is 0 Å². The van der Waals surface area contributed by atoms with E-state index in [1.54, 1.807) is 19.2 Å². The van der Waals surface area contributed by atoms with Gasteiger partial charge in [-0.25, -0.2) is 4.39 Å². The Morgan fingerprint density at radius 3 is 0.980 bits per heavy atom. The zero-order valence-electron chi connectivity index (χ0n) is 65.9. The third-order valence-electron chi connectivity index (χ3n) is 19.8. The van der Waals surface area contributed by atoms with Gasteiger partial charge < -0.3 is 35.5 Å². The topological polar surface area (TPSA) is 75.8 Å². The van der Waals surface area contributed by atoms with E-state index in [1.165, 1.54) is 79.6 Å². The van der Waals surface area contributed by atoms with Gasteiger partial charge in [0.1, 0.15) is 11.6 Å². The molecular weight excluding hydrogens is 1250 g/mol. The molecule has 0 radical (unpaired) electrons. The maximum atomic E-state index is 13.2. The Bertz CT molecular complexity index is 3200. The molecule has 6 atom stereocenters. The highest BCUT2D eigenvalue weighted by atomic mass is 32.1. The predicted octanol–water partition coefficient (Wildman–Crippen LogP) is 22.4. The number of ether oxygens (including phenoxy) is 3. The van der Waals surface area contributed by atoms with Gasteiger partial charge in [-0.05, 0) is 239 Å². The molecule has 0 saturated carbocycles. The number of halogens is 1. The molecule has 2 aliphatic heterocycles. The lowest BCUT2D eigenvalue weighted by atomic mass is 9.78. The Labute approximate surface area is 616 Å². The summed E-state index contributed by atoms with van der Waals surface area (Å²) in [5.74, 6) is 2.19. The third kappa shape index (κ3) is 32.2. The van der Waals surface area contributed by atoms with Crippen molar-refractivity contribution in [3.63, 3.8) is 0 Å². The molecule has 4 N–H and O–H groups in total. The fourth-order valence-corrected chi connectivity index (χ4v) is 13.8. The fraction of sp³-hybridized carbons (Fsp3) is 0.516. The highest BCUT2D eigenvalue weighted by Crippen LogP contribution is 2.35. The van der Waals surface area contributed by atoms with Crippen LogP contribution in [0.5, 0.6) is 5.75 Å². The lowest BCUT2D eigenvalue weighted by Crippen LogP contribution is -2.38. The van der Waals surface area contributed by atoms with Crippen molar-refractivity contribution in [1.29, 1.82) is 0 Å². The summed E-state index contributed by atoms with van der Waals surface area (Å²) in [6.45, 7) is 50.4. The molecule has 2 saturated heterocycles. The van der Waals surface area contributed by atoms with Crippen molar-refractivity contribution in [2.45, 2.75) is 248 Å². The Morgan fingerprint density at radius 2 is 0.690 bits per heavy atom. The van der Waals surface area contributed by atoms with Crippen molar-refractivity contribution < 1.29 is 18.6 Å². The van der Waals surface area contributed by atoms with Gasteiger partial charge in [0, 0.05) is 62.7 Å². The molecule has 9 heteroatoms. The summed E-state index contributed by atoms with van der Waals surface area (Å²) >= 11 is 0. The summed E-state index contributed by atoms with van der Waals surface area (Å²) in [6, 6.07) is 56.8. The van der Waals surface area contributed by atoms with Crippen molar-refractivity contribution in [2.75, 3.05) is 46.6 Å². The standard InChI is InChI=1S/2C24H33N.C22H35NO2.C21H32FNO.H2S/c2*1-18(2)16-23(25-20(4)21-10-8-7-9-11-21)17-24(5,6)22-14-12-19(3)13-15-22;1-17(2)14-20(23-16-18-10-12-25-13-11-18)15-22(3,4)19-6-8-21(24-5)9-7-19;1-16(2)13-20(23-15-17-9-11-24-12-10-17)14-21(3,4)18-5-7-19(22)8-6-18;/h2*7-16,20,23,25H,17H2,1-6H3;6-9,14,18,20,23H,10-13,15-16H2,1-5H3;5-8,13,17,20,23H,9-12,14-15H2,1-4H3;1H2/t20-,23?;;;;/m0..../s1. The van der Waals surface area contributed by atoms with E-state index >= 15 is 0 Å². The van der Waals surface area contributed by atoms with E-state index in [-0.39, 0.29) is 41.0 Å². The second-order valence-electron chi connectivity index (χ2n) is 32.2. The Kier molecular flexibility index (Phi) is 37.5. The summed E-state index contributed by atoms with van der Waals surface area (Å²) in [4.78, 5) is 0. The van der Waals surface area contributed by atoms with Crippen LogP contribution in [-0.4, -0.2) is 70.8 Å². The number of nitrogens with one attached hydrogen (secondary N) is 4. The van der Waals surface area contributed by atoms with Gasteiger partial charge in [-0.15, -0.1) is 0 Å². The average Bonchev–Trinajstić information content (AvgIpc) is 0.850. The van der Waals surface area contributed by atoms with E-state index in [9.17, 15) is 4.39 Å². The lowest BCUT2D eigenvalue weighted by Gasteiger charge is -2.32. The SMILES string of the molecule is CC(C)=CC(CC(C)(C)c1ccc(C)cc1)NC(C)c1ccccc1.CC(C)=CC(CC(C)(C)c1ccc(C)cc1)N[C@@H](C)c1ccccc1.CC(C)=CC(CC(C)(C)c1ccc(F)cc1)NCC1CCOCC1.COc1ccc(C(C)(C)CC(C=C(C)C)NCC2CCOCC2)cc1.S. The Morgan fingerprint density at radius 1 is 0.420 bits per heavy atom. The Hall–Kier alpha value is -5.88. The normalized spacial score (nSPS) is 15.5. The van der Waals surface area contributed by atoms with Crippen LogP contribution >= 0.6 is 13.5 Å². The van der Waals surface area contributed by atoms with E-state index in [1.807, 2.05) is 12.1 Å². The third-order valence-corrected chi connectivity index (χ3v) is 19.8. The second kappa shape index (κ2) is 43.3. The summed E-state index contributed by atoms with van der Waals surface area (Å²) in [7, 11) is 1.71. The van der Waals surface area contributed by atoms with Crippen LogP contribution in [0.3, 0.4) is 0 Å². The molecule has 0 amide bonds. The van der Waals surface area contributed by atoms with Crippen molar-refractivity contribution in [3.05, 3.63) is 255 Å². The molecule has 7 nitrogen and oxygen atoms in total. The van der Waals surface area contributed by atoms with Crippen LogP contribution in [-0.2, 0) is 31.1 Å². The molecule has 100 heavy (non-hydrogen) atoms. The summed E-state index contributed by atoms with van der Waals surface area (Å²) in [5, 5.41) is 15.2. The molecule has 6 aromatic rings. The van der Waals surface area contributed by atoms with Crippen LogP contribution in [0.25, 0.3) is 0 Å². The van der Waals surface area contributed by atoms with Crippen LogP contribution in [0, 0.1) is 31.5 Å². The second-order valence-corrected chi connectivity index (χ2v) is 32.2. The first-order chi connectivity index (χ1) is 46.8. The highest BCUT2D eigenvalue weighted by Gasteiger charge is 2.30. The van der Waals surface area contributed by atoms with Crippen LogP contribution in [0.2, 0.25) is 0 Å². The van der Waals surface area contributed by atoms with Crippen LogP contribution in [0.4, 0.5) is 4.39 Å². The Balaban J connectivity index is 0.000000282. The van der Waals surface area contributed by atoms with Gasteiger partial charge in [-0.3, -0.25) is 0 Å². The first kappa shape index (κ1) is 86.5. The lowest BCUT2D eigenvalue weighted by molar-refractivity contribution is 0.0655. The molecule has 2 fully saturated rings. The maximum Gasteiger partial charge on any atom is 0.123 e. The molecule has 0 bridgehead atoms. The van der Waals surface area contributed by atoms with E-state index in [0.717, 1.165) is 89.7 Å². The van der Waals surface area contributed by atoms with Gasteiger partial charge in [0.05, 0.1) is 7.11 Å². The molecule has 550 valence electrons. The zero-order chi connectivity index (χ0) is 72.8. The number of hydrogen-bond donors (Lipinski definition) is 4. The number of rotatable bonds is 29. The molecule has 5 unspecified atom stereocenters. The number of methoxy groups -OCH3 is 1. The van der Waals surface area contributed by atoms with Gasteiger partial charge >= 0.3 is 0 Å². The summed E-state index contributed by atoms with van der Waals surface area (Å²) < 4.78 is 29.4. The monoisotopic (exact) mass is 1380 g/mol. The largest absolute Gasteiger partial charge is 0.497 e.